The Labute approximate surface area is 107 Å². The molecular weight excluding hydrogens is 226 g/mol. The molecule has 2 atom stereocenters. The molecule has 0 aliphatic heterocycles. The first-order chi connectivity index (χ1) is 8.74. The second kappa shape index (κ2) is 5.68. The summed E-state index contributed by atoms with van der Waals surface area (Å²) in [6.07, 6.45) is 3.11. The van der Waals surface area contributed by atoms with Crippen LogP contribution in [-0.2, 0) is 4.79 Å². The molecule has 0 N–H and O–H groups in total. The number of carbonyl (C=O) groups excluding carboxylic acids is 1. The molecule has 0 bridgehead atoms. The number of carbonyl (C=O) groups is 1. The molecule has 18 heavy (non-hydrogen) atoms. The van der Waals surface area contributed by atoms with E-state index in [0.717, 1.165) is 24.2 Å². The van der Waals surface area contributed by atoms with Crippen molar-refractivity contribution in [1.29, 1.82) is 5.26 Å². The number of ether oxygens (including phenoxy) is 1. The van der Waals surface area contributed by atoms with Gasteiger partial charge in [-0.15, -0.1) is 0 Å². The van der Waals surface area contributed by atoms with Crippen LogP contribution in [0, 0.1) is 17.2 Å². The second-order valence-electron chi connectivity index (χ2n) is 4.78. The van der Waals surface area contributed by atoms with E-state index in [2.05, 4.69) is 6.07 Å². The van der Waals surface area contributed by atoms with E-state index in [9.17, 15) is 10.1 Å². The van der Waals surface area contributed by atoms with E-state index in [4.69, 9.17) is 4.74 Å². The summed E-state index contributed by atoms with van der Waals surface area (Å²) in [7, 11) is 1.62. The molecule has 0 heterocycles. The maximum Gasteiger partial charge on any atom is 0.133 e. The minimum absolute atomic E-state index is 0.171. The van der Waals surface area contributed by atoms with Crippen molar-refractivity contribution in [2.75, 3.05) is 7.11 Å². The Bertz CT molecular complexity index is 458. The third-order valence-corrected chi connectivity index (χ3v) is 3.61. The van der Waals surface area contributed by atoms with E-state index in [0.29, 0.717) is 18.6 Å². The summed E-state index contributed by atoms with van der Waals surface area (Å²) < 4.78 is 5.11. The highest BCUT2D eigenvalue weighted by molar-refractivity contribution is 5.79. The number of nitrogens with zero attached hydrogens (tertiary/aromatic N) is 1. The standard InChI is InChI=1S/C15H17NO2/c1-18-14-7-5-11(6-8-14)15(10-16)12-3-2-4-13(17)9-12/h5-8,12,15H,2-4,9H2,1H3. The molecule has 0 spiro atoms. The minimum Gasteiger partial charge on any atom is -0.497 e. The van der Waals surface area contributed by atoms with Crippen molar-refractivity contribution in [2.24, 2.45) is 5.92 Å². The van der Waals surface area contributed by atoms with Crippen molar-refractivity contribution in [2.45, 2.75) is 31.6 Å². The SMILES string of the molecule is COc1ccc(C(C#N)C2CCCC(=O)C2)cc1. The molecular formula is C15H17NO2. The van der Waals surface area contributed by atoms with Crippen LogP contribution in [0.25, 0.3) is 0 Å². The van der Waals surface area contributed by atoms with Crippen molar-refractivity contribution in [3.05, 3.63) is 29.8 Å². The molecule has 1 aliphatic rings. The second-order valence-corrected chi connectivity index (χ2v) is 4.78. The van der Waals surface area contributed by atoms with Gasteiger partial charge in [0, 0.05) is 12.8 Å². The molecule has 3 nitrogen and oxygen atoms in total. The van der Waals surface area contributed by atoms with Crippen LogP contribution < -0.4 is 4.74 Å². The molecule has 1 fully saturated rings. The average Bonchev–Trinajstić information content (AvgIpc) is 2.40. The zero-order chi connectivity index (χ0) is 13.0. The van der Waals surface area contributed by atoms with Crippen LogP contribution in [0.3, 0.4) is 0 Å². The summed E-state index contributed by atoms with van der Waals surface area (Å²) in [5.41, 5.74) is 0.984. The minimum atomic E-state index is -0.180. The summed E-state index contributed by atoms with van der Waals surface area (Å²) >= 11 is 0. The van der Waals surface area contributed by atoms with E-state index in [1.807, 2.05) is 24.3 Å². The lowest BCUT2D eigenvalue weighted by Gasteiger charge is -2.25. The summed E-state index contributed by atoms with van der Waals surface area (Å²) in [4.78, 5) is 11.5. The Hall–Kier alpha value is -1.82. The first kappa shape index (κ1) is 12.6. The number of rotatable bonds is 3. The van der Waals surface area contributed by atoms with E-state index in [-0.39, 0.29) is 11.8 Å². The van der Waals surface area contributed by atoms with Gasteiger partial charge in [0.05, 0.1) is 19.1 Å². The highest BCUT2D eigenvalue weighted by Gasteiger charge is 2.28. The average molecular weight is 243 g/mol. The molecule has 1 aromatic rings. The third-order valence-electron chi connectivity index (χ3n) is 3.61. The summed E-state index contributed by atoms with van der Waals surface area (Å²) in [6, 6.07) is 9.93. The lowest BCUT2D eigenvalue weighted by atomic mass is 9.77. The molecule has 94 valence electrons. The Balaban J connectivity index is 2.16. The highest BCUT2D eigenvalue weighted by atomic mass is 16.5. The summed E-state index contributed by atoms with van der Waals surface area (Å²) in [5, 5.41) is 9.35. The quantitative estimate of drug-likeness (QED) is 0.819. The molecule has 0 aromatic heterocycles. The van der Waals surface area contributed by atoms with Gasteiger partial charge in [-0.05, 0) is 36.5 Å². The highest BCUT2D eigenvalue weighted by Crippen LogP contribution is 2.34. The molecule has 1 aliphatic carbocycles. The van der Waals surface area contributed by atoms with Gasteiger partial charge in [0.25, 0.3) is 0 Å². The number of benzene rings is 1. The van der Waals surface area contributed by atoms with Gasteiger partial charge in [-0.2, -0.15) is 5.26 Å². The van der Waals surface area contributed by atoms with Crippen LogP contribution in [-0.4, -0.2) is 12.9 Å². The molecule has 3 heteroatoms. The predicted octanol–water partition coefficient (Wildman–Crippen LogP) is 3.06. The van der Waals surface area contributed by atoms with Crippen molar-refractivity contribution in [1.82, 2.24) is 0 Å². The zero-order valence-corrected chi connectivity index (χ0v) is 10.6. The molecule has 2 unspecified atom stereocenters. The number of nitriles is 1. The van der Waals surface area contributed by atoms with Crippen molar-refractivity contribution in [3.8, 4) is 11.8 Å². The summed E-state index contributed by atoms with van der Waals surface area (Å²) in [6.45, 7) is 0. The number of Topliss-reactive ketones (excluding diaryl/α,β-unsaturated/α-hetero) is 1. The van der Waals surface area contributed by atoms with Gasteiger partial charge in [0.2, 0.25) is 0 Å². The third kappa shape index (κ3) is 2.70. The van der Waals surface area contributed by atoms with Crippen LogP contribution in [0.15, 0.2) is 24.3 Å². The first-order valence-corrected chi connectivity index (χ1v) is 6.30. The Morgan fingerprint density at radius 3 is 2.67 bits per heavy atom. The van der Waals surface area contributed by atoms with Gasteiger partial charge in [0.1, 0.15) is 11.5 Å². The largest absolute Gasteiger partial charge is 0.497 e. The van der Waals surface area contributed by atoms with E-state index in [1.165, 1.54) is 0 Å². The van der Waals surface area contributed by atoms with Crippen molar-refractivity contribution < 1.29 is 9.53 Å². The fourth-order valence-corrected chi connectivity index (χ4v) is 2.61. The molecule has 1 aromatic carbocycles. The maximum atomic E-state index is 11.5. The number of hydrogen-bond acceptors (Lipinski definition) is 3. The predicted molar refractivity (Wildman–Crippen MR) is 68.3 cm³/mol. The Morgan fingerprint density at radius 1 is 1.39 bits per heavy atom. The van der Waals surface area contributed by atoms with Gasteiger partial charge in [0.15, 0.2) is 0 Å². The van der Waals surface area contributed by atoms with Gasteiger partial charge in [-0.1, -0.05) is 12.1 Å². The van der Waals surface area contributed by atoms with Gasteiger partial charge < -0.3 is 4.74 Å². The molecule has 0 saturated heterocycles. The van der Waals surface area contributed by atoms with Crippen LogP contribution in [0.2, 0.25) is 0 Å². The van der Waals surface area contributed by atoms with Crippen LogP contribution in [0.4, 0.5) is 0 Å². The maximum absolute atomic E-state index is 11.5. The van der Waals surface area contributed by atoms with Gasteiger partial charge in [-0.3, -0.25) is 4.79 Å². The smallest absolute Gasteiger partial charge is 0.133 e. The Kier molecular flexibility index (Phi) is 3.99. The normalized spacial score (nSPS) is 21.1. The lowest BCUT2D eigenvalue weighted by Crippen LogP contribution is -2.20. The fourth-order valence-electron chi connectivity index (χ4n) is 2.61. The van der Waals surface area contributed by atoms with E-state index >= 15 is 0 Å². The molecule has 2 rings (SSSR count). The first-order valence-electron chi connectivity index (χ1n) is 6.30. The molecule has 1 saturated carbocycles. The summed E-state index contributed by atoms with van der Waals surface area (Å²) in [5.74, 6) is 1.07. The van der Waals surface area contributed by atoms with Crippen molar-refractivity contribution in [3.63, 3.8) is 0 Å². The monoisotopic (exact) mass is 243 g/mol. The topological polar surface area (TPSA) is 50.1 Å². The van der Waals surface area contributed by atoms with Gasteiger partial charge in [-0.25, -0.2) is 0 Å². The molecule has 0 radical (unpaired) electrons. The molecule has 0 amide bonds. The van der Waals surface area contributed by atoms with E-state index < -0.39 is 0 Å². The lowest BCUT2D eigenvalue weighted by molar-refractivity contribution is -0.121. The number of hydrogen-bond donors (Lipinski definition) is 0. The fraction of sp³-hybridized carbons (Fsp3) is 0.467. The van der Waals surface area contributed by atoms with Gasteiger partial charge >= 0.3 is 0 Å². The van der Waals surface area contributed by atoms with Crippen molar-refractivity contribution >= 4 is 5.78 Å². The van der Waals surface area contributed by atoms with Crippen LogP contribution in [0.5, 0.6) is 5.75 Å². The Morgan fingerprint density at radius 2 is 2.11 bits per heavy atom. The van der Waals surface area contributed by atoms with Crippen LogP contribution in [0.1, 0.15) is 37.2 Å². The number of ketones is 1. The number of methoxy groups -OCH3 is 1. The zero-order valence-electron chi connectivity index (χ0n) is 10.6. The van der Waals surface area contributed by atoms with E-state index in [1.54, 1.807) is 7.11 Å². The van der Waals surface area contributed by atoms with Crippen LogP contribution >= 0.6 is 0 Å².